The van der Waals surface area contributed by atoms with Gasteiger partial charge in [0, 0.05) is 12.0 Å². The first-order valence-electron chi connectivity index (χ1n) is 9.28. The molecule has 1 aliphatic carbocycles. The molecule has 0 amide bonds. The predicted octanol–water partition coefficient (Wildman–Crippen LogP) is 2.46. The van der Waals surface area contributed by atoms with E-state index < -0.39 is 35.7 Å². The van der Waals surface area contributed by atoms with Gasteiger partial charge in [-0.3, -0.25) is 0 Å². The number of esters is 2. The van der Waals surface area contributed by atoms with Crippen LogP contribution in [0.4, 0.5) is 0 Å². The van der Waals surface area contributed by atoms with Gasteiger partial charge in [0.15, 0.2) is 5.60 Å². The van der Waals surface area contributed by atoms with Crippen LogP contribution >= 0.6 is 0 Å². The van der Waals surface area contributed by atoms with E-state index in [2.05, 4.69) is 6.58 Å². The van der Waals surface area contributed by atoms with Crippen LogP contribution in [0.25, 0.3) is 0 Å². The maximum atomic E-state index is 12.7. The third kappa shape index (κ3) is 2.79. The average Bonchev–Trinajstić information content (AvgIpc) is 3.36. The van der Waals surface area contributed by atoms with Crippen molar-refractivity contribution >= 4 is 11.9 Å². The maximum absolute atomic E-state index is 12.7. The number of carbonyl (C=O) groups is 2. The van der Waals surface area contributed by atoms with Gasteiger partial charge in [0.25, 0.3) is 0 Å². The van der Waals surface area contributed by atoms with Crippen molar-refractivity contribution in [2.75, 3.05) is 0 Å². The van der Waals surface area contributed by atoms with Gasteiger partial charge in [-0.25, -0.2) is 9.59 Å². The fourth-order valence-corrected chi connectivity index (χ4v) is 4.18. The van der Waals surface area contributed by atoms with Crippen molar-refractivity contribution in [1.82, 2.24) is 0 Å². The number of fused-ring (bicyclic) bond motifs is 2. The maximum Gasteiger partial charge on any atom is 0.341 e. The molecule has 142 valence electrons. The van der Waals surface area contributed by atoms with Crippen molar-refractivity contribution < 1.29 is 28.5 Å². The fraction of sp³-hybridized carbons (Fsp3) is 0.700. The largest absolute Gasteiger partial charge is 0.459 e. The zero-order chi connectivity index (χ0) is 18.9. The third-order valence-electron chi connectivity index (χ3n) is 6.36. The standard InChI is InChI=1S/C20H26O6/c1-10-6-7-15-19(4,26-15)9-14(24-18(22)20(5)12(3)25-20)16-11(2)17(21)23-13(16)8-10/h8,12-16H,2,6-7,9H2,1,3-5H3/b10-8-/t12-,13-,14-,15-,16+,19-,20+/m1/s1. The lowest BCUT2D eigenvalue weighted by molar-refractivity contribution is -0.159. The molecule has 26 heavy (non-hydrogen) atoms. The summed E-state index contributed by atoms with van der Waals surface area (Å²) >= 11 is 0. The lowest BCUT2D eigenvalue weighted by Crippen LogP contribution is -2.40. The van der Waals surface area contributed by atoms with Crippen LogP contribution in [0.5, 0.6) is 0 Å². The van der Waals surface area contributed by atoms with Gasteiger partial charge in [0.1, 0.15) is 12.2 Å². The molecule has 0 unspecified atom stereocenters. The second-order valence-corrected chi connectivity index (χ2v) is 8.41. The van der Waals surface area contributed by atoms with E-state index >= 15 is 0 Å². The molecule has 0 N–H and O–H groups in total. The average molecular weight is 362 g/mol. The SMILES string of the molecule is C=C1C(=O)O[C@@H]2/C=C(/C)CC[C@H]3O[C@]3(C)C[C@@H](OC(=O)[C@@]3(C)O[C@@H]3C)[C@@H]12. The lowest BCUT2D eigenvalue weighted by atomic mass is 9.82. The molecule has 0 bridgehead atoms. The topological polar surface area (TPSA) is 77.7 Å². The molecule has 3 aliphatic heterocycles. The Hall–Kier alpha value is -1.66. The van der Waals surface area contributed by atoms with Crippen molar-refractivity contribution in [3.05, 3.63) is 23.8 Å². The normalized spacial score (nSPS) is 49.2. The van der Waals surface area contributed by atoms with Gasteiger partial charge in [-0.05, 0) is 46.6 Å². The van der Waals surface area contributed by atoms with Crippen molar-refractivity contribution in [2.45, 2.75) is 82.6 Å². The highest BCUT2D eigenvalue weighted by Crippen LogP contribution is 2.48. The number of hydrogen-bond acceptors (Lipinski definition) is 6. The molecule has 0 aromatic heterocycles. The molecule has 3 fully saturated rings. The number of epoxide rings is 2. The van der Waals surface area contributed by atoms with Gasteiger partial charge in [-0.2, -0.15) is 0 Å². The molecule has 0 aromatic rings. The van der Waals surface area contributed by atoms with Crippen LogP contribution in [0.2, 0.25) is 0 Å². The second kappa shape index (κ2) is 5.67. The zero-order valence-corrected chi connectivity index (χ0v) is 15.7. The van der Waals surface area contributed by atoms with Gasteiger partial charge in [0.05, 0.1) is 23.7 Å². The fourth-order valence-electron chi connectivity index (χ4n) is 4.18. The van der Waals surface area contributed by atoms with Crippen molar-refractivity contribution in [1.29, 1.82) is 0 Å². The van der Waals surface area contributed by atoms with E-state index in [1.165, 1.54) is 0 Å². The van der Waals surface area contributed by atoms with E-state index in [0.717, 1.165) is 18.4 Å². The van der Waals surface area contributed by atoms with Crippen LogP contribution < -0.4 is 0 Å². The van der Waals surface area contributed by atoms with E-state index in [4.69, 9.17) is 18.9 Å². The van der Waals surface area contributed by atoms with Gasteiger partial charge >= 0.3 is 11.9 Å². The van der Waals surface area contributed by atoms with Gasteiger partial charge < -0.3 is 18.9 Å². The third-order valence-corrected chi connectivity index (χ3v) is 6.36. The summed E-state index contributed by atoms with van der Waals surface area (Å²) < 4.78 is 22.7. The minimum absolute atomic E-state index is 0.140. The van der Waals surface area contributed by atoms with Crippen LogP contribution in [0.1, 0.15) is 47.0 Å². The van der Waals surface area contributed by atoms with E-state index in [-0.39, 0.29) is 17.8 Å². The molecule has 6 heteroatoms. The summed E-state index contributed by atoms with van der Waals surface area (Å²) in [5.74, 6) is -1.23. The molecule has 4 rings (SSSR count). The second-order valence-electron chi connectivity index (χ2n) is 8.41. The Bertz CT molecular complexity index is 711. The first-order valence-corrected chi connectivity index (χ1v) is 9.28. The lowest BCUT2D eigenvalue weighted by Gasteiger charge is -2.29. The van der Waals surface area contributed by atoms with E-state index in [0.29, 0.717) is 12.0 Å². The van der Waals surface area contributed by atoms with Crippen molar-refractivity contribution in [2.24, 2.45) is 5.92 Å². The van der Waals surface area contributed by atoms with Crippen LogP contribution in [0.3, 0.4) is 0 Å². The Morgan fingerprint density at radius 2 is 2.04 bits per heavy atom. The Kier molecular flexibility index (Phi) is 3.87. The number of rotatable bonds is 2. The monoisotopic (exact) mass is 362 g/mol. The Labute approximate surface area is 153 Å². The number of allylic oxidation sites excluding steroid dienone is 1. The Balaban J connectivity index is 1.65. The minimum Gasteiger partial charge on any atom is -0.459 e. The molecule has 0 aromatic carbocycles. The number of ether oxygens (including phenoxy) is 4. The summed E-state index contributed by atoms with van der Waals surface area (Å²) in [6.07, 6.45) is 3.24. The van der Waals surface area contributed by atoms with E-state index in [1.807, 2.05) is 26.8 Å². The molecule has 0 radical (unpaired) electrons. The van der Waals surface area contributed by atoms with Crippen LogP contribution in [-0.4, -0.2) is 47.6 Å². The summed E-state index contributed by atoms with van der Waals surface area (Å²) in [5.41, 5.74) is 0.230. The summed E-state index contributed by atoms with van der Waals surface area (Å²) in [7, 11) is 0. The molecule has 3 saturated heterocycles. The minimum atomic E-state index is -0.911. The quantitative estimate of drug-likeness (QED) is 0.325. The molecule has 6 nitrogen and oxygen atoms in total. The van der Waals surface area contributed by atoms with Crippen molar-refractivity contribution in [3.8, 4) is 0 Å². The summed E-state index contributed by atoms with van der Waals surface area (Å²) in [6, 6.07) is 0. The first kappa shape index (κ1) is 17.7. The number of carbonyl (C=O) groups excluding carboxylic acids is 2. The van der Waals surface area contributed by atoms with Crippen LogP contribution in [-0.2, 0) is 28.5 Å². The first-order chi connectivity index (χ1) is 12.1. The Morgan fingerprint density at radius 3 is 2.69 bits per heavy atom. The highest BCUT2D eigenvalue weighted by molar-refractivity contribution is 5.91. The summed E-state index contributed by atoms with van der Waals surface area (Å²) in [5, 5.41) is 0. The van der Waals surface area contributed by atoms with E-state index in [1.54, 1.807) is 6.92 Å². The highest BCUT2D eigenvalue weighted by atomic mass is 16.7. The molecule has 0 spiro atoms. The Morgan fingerprint density at radius 1 is 1.35 bits per heavy atom. The molecule has 0 saturated carbocycles. The predicted molar refractivity (Wildman–Crippen MR) is 92.2 cm³/mol. The zero-order valence-electron chi connectivity index (χ0n) is 15.7. The molecular formula is C20H26O6. The molecule has 7 atom stereocenters. The molecule has 3 heterocycles. The van der Waals surface area contributed by atoms with Gasteiger partial charge in [-0.15, -0.1) is 0 Å². The van der Waals surface area contributed by atoms with E-state index in [9.17, 15) is 9.59 Å². The highest BCUT2D eigenvalue weighted by Gasteiger charge is 2.60. The van der Waals surface area contributed by atoms with Crippen molar-refractivity contribution in [3.63, 3.8) is 0 Å². The van der Waals surface area contributed by atoms with Crippen LogP contribution in [0, 0.1) is 5.92 Å². The van der Waals surface area contributed by atoms with Crippen LogP contribution in [0.15, 0.2) is 23.8 Å². The molecular weight excluding hydrogens is 336 g/mol. The summed E-state index contributed by atoms with van der Waals surface area (Å²) in [6.45, 7) is 11.5. The smallest absolute Gasteiger partial charge is 0.341 e. The molecule has 4 aliphatic rings. The van der Waals surface area contributed by atoms with Gasteiger partial charge in [0.2, 0.25) is 0 Å². The summed E-state index contributed by atoms with van der Waals surface area (Å²) in [4.78, 5) is 24.8. The van der Waals surface area contributed by atoms with Gasteiger partial charge in [-0.1, -0.05) is 12.2 Å². The number of hydrogen-bond donors (Lipinski definition) is 0.